The van der Waals surface area contributed by atoms with Crippen LogP contribution in [0.25, 0.3) is 28.1 Å². The third-order valence-corrected chi connectivity index (χ3v) is 8.99. The van der Waals surface area contributed by atoms with Crippen LogP contribution in [-0.4, -0.2) is 55.9 Å². The Labute approximate surface area is 268 Å². The molecule has 10 heteroatoms. The summed E-state index contributed by atoms with van der Waals surface area (Å²) in [4.78, 5) is 29.3. The Morgan fingerprint density at radius 2 is 1.93 bits per heavy atom. The summed E-state index contributed by atoms with van der Waals surface area (Å²) in [6, 6.07) is 8.05. The van der Waals surface area contributed by atoms with Crippen LogP contribution in [0.5, 0.6) is 11.5 Å². The van der Waals surface area contributed by atoms with Gasteiger partial charge in [0.25, 0.3) is 5.91 Å². The lowest BCUT2D eigenvalue weighted by Gasteiger charge is -2.39. The lowest BCUT2D eigenvalue weighted by Crippen LogP contribution is -2.49. The van der Waals surface area contributed by atoms with Gasteiger partial charge in [-0.3, -0.25) is 4.79 Å². The fourth-order valence-electron chi connectivity index (χ4n) is 6.02. The van der Waals surface area contributed by atoms with Gasteiger partial charge in [0.2, 0.25) is 0 Å². The average molecular weight is 629 g/mol. The number of benzene rings is 1. The molecule has 236 valence electrons. The zero-order valence-electron chi connectivity index (χ0n) is 27.0. The number of hydrogen-bond donors (Lipinski definition) is 0. The summed E-state index contributed by atoms with van der Waals surface area (Å²) in [6.07, 6.45) is 7.67. The molecule has 0 aliphatic carbocycles. The second kappa shape index (κ2) is 11.6. The largest absolute Gasteiger partial charge is 0.496 e. The molecule has 1 amide bonds. The zero-order chi connectivity index (χ0) is 32.1. The van der Waals surface area contributed by atoms with Crippen molar-refractivity contribution in [2.45, 2.75) is 71.6 Å². The number of nitrogens with zero attached hydrogens (tertiary/aromatic N) is 4. The molecule has 0 fully saturated rings. The summed E-state index contributed by atoms with van der Waals surface area (Å²) in [6.45, 7) is 10.4. The minimum absolute atomic E-state index is 0.150. The Hall–Kier alpha value is -4.31. The van der Waals surface area contributed by atoms with Crippen LogP contribution in [0.2, 0.25) is 0 Å². The van der Waals surface area contributed by atoms with Crippen LogP contribution in [0, 0.1) is 0 Å². The molecule has 1 aromatic carbocycles. The average Bonchev–Trinajstić information content (AvgIpc) is 3.73. The summed E-state index contributed by atoms with van der Waals surface area (Å²) in [5, 5.41) is 9.02. The number of aryl methyl sites for hydroxylation is 1. The van der Waals surface area contributed by atoms with Crippen molar-refractivity contribution >= 4 is 23.2 Å². The Kier molecular flexibility index (Phi) is 7.89. The number of aromatic nitrogens is 3. The second-order valence-corrected chi connectivity index (χ2v) is 14.1. The van der Waals surface area contributed by atoms with Gasteiger partial charge >= 0.3 is 5.97 Å². The molecule has 3 aromatic heterocycles. The Morgan fingerprint density at radius 3 is 2.60 bits per heavy atom. The molecular formula is C35H40N4O5S. The molecule has 0 N–H and O–H groups in total. The molecule has 0 bridgehead atoms. The molecule has 2 aliphatic rings. The predicted molar refractivity (Wildman–Crippen MR) is 175 cm³/mol. The molecule has 0 unspecified atom stereocenters. The van der Waals surface area contributed by atoms with E-state index in [4.69, 9.17) is 19.3 Å². The highest BCUT2D eigenvalue weighted by molar-refractivity contribution is 7.08. The predicted octanol–water partition coefficient (Wildman–Crippen LogP) is 7.18. The van der Waals surface area contributed by atoms with Crippen molar-refractivity contribution in [3.8, 4) is 39.6 Å². The smallest absolute Gasteiger partial charge is 0.334 e. The normalized spacial score (nSPS) is 17.2. The van der Waals surface area contributed by atoms with Gasteiger partial charge in [0.15, 0.2) is 5.69 Å². The number of rotatable bonds is 5. The van der Waals surface area contributed by atoms with Crippen molar-refractivity contribution < 1.29 is 23.8 Å². The van der Waals surface area contributed by atoms with Gasteiger partial charge in [0, 0.05) is 70.8 Å². The number of methoxy groups -OCH3 is 1. The van der Waals surface area contributed by atoms with E-state index in [2.05, 4.69) is 6.07 Å². The van der Waals surface area contributed by atoms with Crippen LogP contribution in [0.15, 0.2) is 59.1 Å². The topological polar surface area (TPSA) is 87.8 Å². The van der Waals surface area contributed by atoms with Crippen LogP contribution in [0.1, 0.15) is 69.9 Å². The summed E-state index contributed by atoms with van der Waals surface area (Å²) in [5.74, 6) is 0.954. The molecule has 0 atom stereocenters. The standard InChI is InChI=1S/C35H40N4O5S/c1-34(2,3)44-33(41)22-9-8-14-38(35(4,5)13-10-22)32(40)30-27-20-43-29-18-28(42-7)25(23-11-15-37(6)19-23)17-26(29)31(27)39(36-30)24-12-16-45-21-24/h10-12,15-19,21H,8-9,13-14,20H2,1-7H3/b22-10-. The molecule has 5 heterocycles. The van der Waals surface area contributed by atoms with E-state index in [0.29, 0.717) is 48.6 Å². The van der Waals surface area contributed by atoms with Gasteiger partial charge in [-0.15, -0.1) is 0 Å². The van der Waals surface area contributed by atoms with Crippen LogP contribution in [0.4, 0.5) is 0 Å². The first-order chi connectivity index (χ1) is 21.4. The van der Waals surface area contributed by atoms with Crippen LogP contribution >= 0.6 is 11.3 Å². The lowest BCUT2D eigenvalue weighted by molar-refractivity contribution is -0.150. The second-order valence-electron chi connectivity index (χ2n) is 13.3. The first-order valence-corrected chi connectivity index (χ1v) is 16.2. The van der Waals surface area contributed by atoms with Gasteiger partial charge in [0.05, 0.1) is 18.5 Å². The molecule has 0 saturated carbocycles. The van der Waals surface area contributed by atoms with Crippen molar-refractivity contribution in [3.63, 3.8) is 0 Å². The molecule has 0 saturated heterocycles. The van der Waals surface area contributed by atoms with E-state index in [0.717, 1.165) is 33.6 Å². The van der Waals surface area contributed by atoms with E-state index < -0.39 is 11.1 Å². The highest BCUT2D eigenvalue weighted by atomic mass is 32.1. The molecule has 0 radical (unpaired) electrons. The maximum Gasteiger partial charge on any atom is 0.334 e. The van der Waals surface area contributed by atoms with Gasteiger partial charge in [-0.25, -0.2) is 9.48 Å². The minimum atomic E-state index is -0.564. The van der Waals surface area contributed by atoms with Crippen LogP contribution < -0.4 is 9.47 Å². The molecule has 45 heavy (non-hydrogen) atoms. The SMILES string of the molecule is COc1cc2c(cc1-c1ccn(C)c1)-c1c(c(C(=O)N3CCC/C(C(=O)OC(C)(C)C)=C/CC3(C)C)nn1-c1ccsc1)CO2. The molecule has 9 nitrogen and oxygen atoms in total. The van der Waals surface area contributed by atoms with Crippen LogP contribution in [0.3, 0.4) is 0 Å². The zero-order valence-corrected chi connectivity index (χ0v) is 27.8. The van der Waals surface area contributed by atoms with Gasteiger partial charge < -0.3 is 23.7 Å². The van der Waals surface area contributed by atoms with E-state index in [1.54, 1.807) is 18.4 Å². The lowest BCUT2D eigenvalue weighted by atomic mass is 9.91. The van der Waals surface area contributed by atoms with E-state index in [1.807, 2.05) is 103 Å². The number of amides is 1. The van der Waals surface area contributed by atoms with Crippen molar-refractivity contribution in [3.05, 3.63) is 70.3 Å². The summed E-state index contributed by atoms with van der Waals surface area (Å²) >= 11 is 1.58. The van der Waals surface area contributed by atoms with Crippen molar-refractivity contribution in [1.29, 1.82) is 0 Å². The van der Waals surface area contributed by atoms with Gasteiger partial charge in [-0.05, 0) is 77.5 Å². The number of ether oxygens (including phenoxy) is 3. The Morgan fingerprint density at radius 1 is 1.13 bits per heavy atom. The highest BCUT2D eigenvalue weighted by Gasteiger charge is 2.38. The maximum atomic E-state index is 14.5. The first kappa shape index (κ1) is 30.7. The van der Waals surface area contributed by atoms with Gasteiger partial charge in [-0.2, -0.15) is 16.4 Å². The van der Waals surface area contributed by atoms with Crippen molar-refractivity contribution in [2.75, 3.05) is 13.7 Å². The highest BCUT2D eigenvalue weighted by Crippen LogP contribution is 2.46. The van der Waals surface area contributed by atoms with Crippen molar-refractivity contribution in [1.82, 2.24) is 19.2 Å². The number of fused-ring (bicyclic) bond motifs is 3. The first-order valence-electron chi connectivity index (χ1n) is 15.2. The summed E-state index contributed by atoms with van der Waals surface area (Å²) in [5.41, 5.74) is 5.20. The number of hydrogen-bond acceptors (Lipinski definition) is 7. The minimum Gasteiger partial charge on any atom is -0.496 e. The molecule has 4 aromatic rings. The Bertz CT molecular complexity index is 1790. The van der Waals surface area contributed by atoms with E-state index >= 15 is 0 Å². The Balaban J connectivity index is 1.41. The number of carbonyl (C=O) groups excluding carboxylic acids is 2. The van der Waals surface area contributed by atoms with Crippen molar-refractivity contribution in [2.24, 2.45) is 7.05 Å². The number of thiophene rings is 1. The van der Waals surface area contributed by atoms with Gasteiger partial charge in [0.1, 0.15) is 23.7 Å². The monoisotopic (exact) mass is 628 g/mol. The van der Waals surface area contributed by atoms with Gasteiger partial charge in [-0.1, -0.05) is 6.08 Å². The van der Waals surface area contributed by atoms with E-state index in [-0.39, 0.29) is 18.5 Å². The van der Waals surface area contributed by atoms with E-state index in [1.165, 1.54) is 0 Å². The quantitative estimate of drug-likeness (QED) is 0.218. The summed E-state index contributed by atoms with van der Waals surface area (Å²) in [7, 11) is 3.64. The third-order valence-electron chi connectivity index (χ3n) is 8.32. The fraction of sp³-hybridized carbons (Fsp3) is 0.400. The van der Waals surface area contributed by atoms with E-state index in [9.17, 15) is 9.59 Å². The molecule has 2 aliphatic heterocycles. The molecule has 0 spiro atoms. The summed E-state index contributed by atoms with van der Waals surface area (Å²) < 4.78 is 21.6. The van der Waals surface area contributed by atoms with Crippen LogP contribution in [-0.2, 0) is 23.2 Å². The fourth-order valence-corrected chi connectivity index (χ4v) is 6.64. The third kappa shape index (κ3) is 5.91. The number of carbonyl (C=O) groups is 2. The number of esters is 1. The maximum absolute atomic E-state index is 14.5. The molecule has 6 rings (SSSR count). The molecular weight excluding hydrogens is 588 g/mol.